The molecule has 1 atom stereocenters. The van der Waals surface area contributed by atoms with Gasteiger partial charge in [-0.15, -0.1) is 0 Å². The van der Waals surface area contributed by atoms with E-state index in [1.165, 1.54) is 0 Å². The van der Waals surface area contributed by atoms with Crippen molar-refractivity contribution < 1.29 is 17.9 Å². The van der Waals surface area contributed by atoms with Crippen molar-refractivity contribution in [1.29, 1.82) is 0 Å². The molecule has 2 fully saturated rings. The quantitative estimate of drug-likeness (QED) is 0.753. The van der Waals surface area contributed by atoms with Gasteiger partial charge in [-0.1, -0.05) is 0 Å². The monoisotopic (exact) mass is 314 g/mol. The minimum atomic E-state index is -3.11. The minimum Gasteiger partial charge on any atom is -0.488 e. The number of hydrogen-bond donors (Lipinski definition) is 0. The maximum absolute atomic E-state index is 12.4. The molecule has 0 aromatic carbocycles. The fraction of sp³-hybridized carbons (Fsp3) is 0.786. The number of allylic oxidation sites excluding steroid dienone is 1. The van der Waals surface area contributed by atoms with Crippen molar-refractivity contribution in [1.82, 2.24) is 9.21 Å². The number of likely N-dealkylation sites (tertiary alicyclic amines) is 1. The van der Waals surface area contributed by atoms with E-state index in [1.54, 1.807) is 9.21 Å². The Bertz CT molecular complexity index is 543. The summed E-state index contributed by atoms with van der Waals surface area (Å²) in [4.78, 5) is 14.2. The van der Waals surface area contributed by atoms with Crippen LogP contribution in [0.1, 0.15) is 32.1 Å². The van der Waals surface area contributed by atoms with Gasteiger partial charge in [0.15, 0.2) is 5.76 Å². The van der Waals surface area contributed by atoms with Gasteiger partial charge in [0.1, 0.15) is 0 Å². The highest BCUT2D eigenvalue weighted by atomic mass is 32.2. The maximum atomic E-state index is 12.4. The number of hydrogen-bond acceptors (Lipinski definition) is 4. The lowest BCUT2D eigenvalue weighted by molar-refractivity contribution is -0.132. The van der Waals surface area contributed by atoms with Crippen molar-refractivity contribution in [3.63, 3.8) is 0 Å². The van der Waals surface area contributed by atoms with Gasteiger partial charge in [-0.05, 0) is 38.2 Å². The van der Waals surface area contributed by atoms with E-state index in [-0.39, 0.29) is 17.7 Å². The van der Waals surface area contributed by atoms with Gasteiger partial charge in [-0.3, -0.25) is 4.79 Å². The van der Waals surface area contributed by atoms with E-state index in [0.29, 0.717) is 38.4 Å². The molecular formula is C14H22N2O4S. The normalized spacial score (nSPS) is 29.8. The molecule has 0 saturated carbocycles. The number of ether oxygens (including phenoxy) is 1. The predicted octanol–water partition coefficient (Wildman–Crippen LogP) is 0.707. The van der Waals surface area contributed by atoms with Crippen LogP contribution in [0, 0.1) is 0 Å². The average molecular weight is 314 g/mol. The van der Waals surface area contributed by atoms with Crippen molar-refractivity contribution in [2.24, 2.45) is 0 Å². The number of piperidine rings is 1. The summed E-state index contributed by atoms with van der Waals surface area (Å²) in [6.45, 7) is 2.35. The number of sulfonamides is 1. The van der Waals surface area contributed by atoms with Crippen molar-refractivity contribution in [3.05, 3.63) is 11.8 Å². The Labute approximate surface area is 125 Å². The smallest absolute Gasteiger partial charge is 0.288 e. The molecule has 3 rings (SSSR count). The average Bonchev–Trinajstić information content (AvgIpc) is 2.87. The summed E-state index contributed by atoms with van der Waals surface area (Å²) in [6, 6.07) is -0.0700. The topological polar surface area (TPSA) is 66.9 Å². The van der Waals surface area contributed by atoms with Crippen molar-refractivity contribution in [2.75, 3.05) is 32.0 Å². The molecule has 0 aromatic heterocycles. The van der Waals surface area contributed by atoms with Crippen LogP contribution in [-0.4, -0.2) is 61.6 Å². The predicted molar refractivity (Wildman–Crippen MR) is 78.0 cm³/mol. The van der Waals surface area contributed by atoms with Gasteiger partial charge in [0.2, 0.25) is 10.0 Å². The van der Waals surface area contributed by atoms with Crippen LogP contribution >= 0.6 is 0 Å². The van der Waals surface area contributed by atoms with Gasteiger partial charge >= 0.3 is 0 Å². The summed E-state index contributed by atoms with van der Waals surface area (Å²) < 4.78 is 31.1. The van der Waals surface area contributed by atoms with E-state index >= 15 is 0 Å². The van der Waals surface area contributed by atoms with E-state index in [2.05, 4.69) is 0 Å². The molecule has 0 aliphatic carbocycles. The van der Waals surface area contributed by atoms with Gasteiger partial charge in [-0.25, -0.2) is 8.42 Å². The third kappa shape index (κ3) is 3.08. The van der Waals surface area contributed by atoms with Crippen LogP contribution in [0.25, 0.3) is 0 Å². The molecule has 0 bridgehead atoms. The first-order chi connectivity index (χ1) is 10.1. The zero-order valence-electron chi connectivity index (χ0n) is 12.2. The highest BCUT2D eigenvalue weighted by Gasteiger charge is 2.38. The lowest BCUT2D eigenvalue weighted by atomic mass is 10.0. The van der Waals surface area contributed by atoms with E-state index in [4.69, 9.17) is 4.74 Å². The molecule has 6 nitrogen and oxygen atoms in total. The number of carbonyl (C=O) groups excluding carboxylic acids is 1. The van der Waals surface area contributed by atoms with Crippen LogP contribution in [0.15, 0.2) is 11.8 Å². The van der Waals surface area contributed by atoms with Crippen LogP contribution in [0.3, 0.4) is 0 Å². The molecule has 1 amide bonds. The molecule has 2 saturated heterocycles. The number of rotatable bonds is 2. The molecule has 0 N–H and O–H groups in total. The number of carbonyl (C=O) groups is 1. The highest BCUT2D eigenvalue weighted by molar-refractivity contribution is 7.89. The summed E-state index contributed by atoms with van der Waals surface area (Å²) in [5, 5.41) is 0. The van der Waals surface area contributed by atoms with E-state index in [1.807, 2.05) is 6.08 Å². The minimum absolute atomic E-state index is 0.0700. The molecule has 7 heteroatoms. The molecular weight excluding hydrogens is 292 g/mol. The zero-order valence-corrected chi connectivity index (χ0v) is 13.0. The Balaban J connectivity index is 1.68. The summed E-state index contributed by atoms with van der Waals surface area (Å²) in [5.74, 6) is 0.591. The Kier molecular flexibility index (Phi) is 4.21. The fourth-order valence-electron chi connectivity index (χ4n) is 3.31. The Morgan fingerprint density at radius 3 is 2.76 bits per heavy atom. The summed E-state index contributed by atoms with van der Waals surface area (Å²) >= 11 is 0. The Hall–Kier alpha value is -1.08. The molecule has 3 aliphatic heterocycles. The molecule has 0 radical (unpaired) electrons. The number of amides is 1. The van der Waals surface area contributed by atoms with Crippen molar-refractivity contribution in [2.45, 2.75) is 38.1 Å². The molecule has 118 valence electrons. The van der Waals surface area contributed by atoms with E-state index < -0.39 is 10.0 Å². The van der Waals surface area contributed by atoms with E-state index in [0.717, 1.165) is 25.7 Å². The van der Waals surface area contributed by atoms with Crippen LogP contribution in [0.5, 0.6) is 0 Å². The first-order valence-corrected chi connectivity index (χ1v) is 9.30. The largest absolute Gasteiger partial charge is 0.488 e. The second kappa shape index (κ2) is 5.96. The second-order valence-electron chi connectivity index (χ2n) is 5.89. The summed E-state index contributed by atoms with van der Waals surface area (Å²) in [7, 11) is -3.11. The third-order valence-corrected chi connectivity index (χ3v) is 6.38. The summed E-state index contributed by atoms with van der Waals surface area (Å²) in [5.41, 5.74) is 0. The van der Waals surface area contributed by atoms with Crippen molar-refractivity contribution >= 4 is 15.9 Å². The lowest BCUT2D eigenvalue weighted by Crippen LogP contribution is -2.50. The van der Waals surface area contributed by atoms with Crippen LogP contribution < -0.4 is 0 Å². The van der Waals surface area contributed by atoms with Gasteiger partial charge < -0.3 is 9.64 Å². The van der Waals surface area contributed by atoms with Crippen LogP contribution in [-0.2, 0) is 19.6 Å². The lowest BCUT2D eigenvalue weighted by Gasteiger charge is -2.37. The Morgan fingerprint density at radius 2 is 2.10 bits per heavy atom. The zero-order chi connectivity index (χ0) is 14.9. The third-order valence-electron chi connectivity index (χ3n) is 4.38. The second-order valence-corrected chi connectivity index (χ2v) is 7.93. The molecule has 0 unspecified atom stereocenters. The maximum Gasteiger partial charge on any atom is 0.288 e. The molecule has 0 spiro atoms. The fourth-order valence-corrected chi connectivity index (χ4v) is 5.07. The standard InChI is InChI=1S/C14H22N2O4S/c17-14(13-6-1-2-9-20-13)15-7-3-5-12(11-15)16-8-4-10-21(16,18)19/h6,12H,1-5,7-11H2/t12-/m0/s1. The molecule has 21 heavy (non-hydrogen) atoms. The Morgan fingerprint density at radius 1 is 1.24 bits per heavy atom. The van der Waals surface area contributed by atoms with Gasteiger partial charge in [0.05, 0.1) is 12.4 Å². The van der Waals surface area contributed by atoms with Gasteiger partial charge in [0, 0.05) is 25.7 Å². The van der Waals surface area contributed by atoms with Crippen LogP contribution in [0.2, 0.25) is 0 Å². The van der Waals surface area contributed by atoms with Gasteiger partial charge in [0.25, 0.3) is 5.91 Å². The molecule has 3 heterocycles. The van der Waals surface area contributed by atoms with Crippen LogP contribution in [0.4, 0.5) is 0 Å². The SMILES string of the molecule is O=C(C1=CCCCO1)N1CCC[C@H](N2CCCS2(=O)=O)C1. The highest BCUT2D eigenvalue weighted by Crippen LogP contribution is 2.25. The van der Waals surface area contributed by atoms with E-state index in [9.17, 15) is 13.2 Å². The summed E-state index contributed by atoms with van der Waals surface area (Å²) in [6.07, 6.45) is 6.05. The first-order valence-electron chi connectivity index (χ1n) is 7.70. The van der Waals surface area contributed by atoms with Crippen molar-refractivity contribution in [3.8, 4) is 0 Å². The first kappa shape index (κ1) is 14.8. The molecule has 0 aromatic rings. The molecule has 3 aliphatic rings. The van der Waals surface area contributed by atoms with Gasteiger partial charge in [-0.2, -0.15) is 4.31 Å². The number of nitrogens with zero attached hydrogens (tertiary/aromatic N) is 2.